The van der Waals surface area contributed by atoms with Crippen LogP contribution >= 0.6 is 11.6 Å². The normalized spacial score (nSPS) is 10.3. The van der Waals surface area contributed by atoms with Crippen LogP contribution in [-0.4, -0.2) is 24.2 Å². The highest BCUT2D eigenvalue weighted by Gasteiger charge is 2.06. The lowest BCUT2D eigenvalue weighted by Crippen LogP contribution is -1.93. The lowest BCUT2D eigenvalue weighted by Gasteiger charge is -2.04. The van der Waals surface area contributed by atoms with Crippen molar-refractivity contribution in [3.05, 3.63) is 23.4 Å². The predicted molar refractivity (Wildman–Crippen MR) is 57.7 cm³/mol. The fraction of sp³-hybridized carbons (Fsp3) is 0.200. The van der Waals surface area contributed by atoms with Gasteiger partial charge in [0, 0.05) is 11.5 Å². The molecule has 5 heteroatoms. The second-order valence-electron chi connectivity index (χ2n) is 2.88. The molecule has 4 nitrogen and oxygen atoms in total. The molecule has 0 saturated carbocycles. The van der Waals surface area contributed by atoms with Gasteiger partial charge in [-0.15, -0.1) is 0 Å². The zero-order valence-electron chi connectivity index (χ0n) is 8.32. The molecule has 1 aromatic heterocycles. The van der Waals surface area contributed by atoms with Gasteiger partial charge in [0.25, 0.3) is 0 Å². The zero-order chi connectivity index (χ0) is 10.8. The molecular weight excluding hydrogens is 216 g/mol. The van der Waals surface area contributed by atoms with E-state index in [-0.39, 0.29) is 6.01 Å². The van der Waals surface area contributed by atoms with Crippen LogP contribution in [0.4, 0.5) is 0 Å². The maximum Gasteiger partial charge on any atom is 0.318 e. The van der Waals surface area contributed by atoms with Crippen LogP contribution < -0.4 is 9.47 Å². The van der Waals surface area contributed by atoms with Gasteiger partial charge < -0.3 is 9.47 Å². The summed E-state index contributed by atoms with van der Waals surface area (Å²) in [7, 11) is 3.10. The van der Waals surface area contributed by atoms with Crippen molar-refractivity contribution in [1.29, 1.82) is 0 Å². The highest BCUT2D eigenvalue weighted by atomic mass is 35.5. The van der Waals surface area contributed by atoms with Gasteiger partial charge in [-0.05, 0) is 12.1 Å². The second kappa shape index (κ2) is 3.90. The molecule has 0 aliphatic rings. The largest absolute Gasteiger partial charge is 0.497 e. The number of ether oxygens (including phenoxy) is 2. The molecule has 1 heterocycles. The van der Waals surface area contributed by atoms with Gasteiger partial charge in [-0.2, -0.15) is 9.97 Å². The van der Waals surface area contributed by atoms with Gasteiger partial charge >= 0.3 is 6.01 Å². The first kappa shape index (κ1) is 9.98. The van der Waals surface area contributed by atoms with Gasteiger partial charge in [-0.25, -0.2) is 0 Å². The molecule has 2 rings (SSSR count). The average Bonchev–Trinajstić information content (AvgIpc) is 2.28. The molecule has 15 heavy (non-hydrogen) atoms. The number of nitrogens with zero attached hydrogens (tertiary/aromatic N) is 2. The SMILES string of the molecule is COc1ccc2c(Cl)nc(OC)nc2c1. The van der Waals surface area contributed by atoms with E-state index in [0.717, 1.165) is 11.1 Å². The van der Waals surface area contributed by atoms with Gasteiger partial charge in [0.15, 0.2) is 0 Å². The summed E-state index contributed by atoms with van der Waals surface area (Å²) in [6, 6.07) is 5.66. The quantitative estimate of drug-likeness (QED) is 0.735. The van der Waals surface area contributed by atoms with E-state index in [9.17, 15) is 0 Å². The summed E-state index contributed by atoms with van der Waals surface area (Å²) >= 11 is 5.96. The van der Waals surface area contributed by atoms with Gasteiger partial charge in [0.2, 0.25) is 0 Å². The third-order valence-corrected chi connectivity index (χ3v) is 2.31. The fourth-order valence-electron chi connectivity index (χ4n) is 1.27. The average molecular weight is 225 g/mol. The number of rotatable bonds is 2. The Labute approximate surface area is 91.8 Å². The Bertz CT molecular complexity index is 497. The van der Waals surface area contributed by atoms with Gasteiger partial charge in [-0.3, -0.25) is 0 Å². The fourth-order valence-corrected chi connectivity index (χ4v) is 1.50. The van der Waals surface area contributed by atoms with Crippen molar-refractivity contribution in [2.24, 2.45) is 0 Å². The Hall–Kier alpha value is -1.55. The predicted octanol–water partition coefficient (Wildman–Crippen LogP) is 2.30. The molecule has 0 amide bonds. The zero-order valence-corrected chi connectivity index (χ0v) is 9.08. The van der Waals surface area contributed by atoms with E-state index in [0.29, 0.717) is 10.7 Å². The highest BCUT2D eigenvalue weighted by Crippen LogP contribution is 2.25. The molecule has 0 spiro atoms. The van der Waals surface area contributed by atoms with Crippen LogP contribution in [0.15, 0.2) is 18.2 Å². The number of benzene rings is 1. The molecule has 0 atom stereocenters. The third-order valence-electron chi connectivity index (χ3n) is 2.02. The minimum absolute atomic E-state index is 0.251. The summed E-state index contributed by atoms with van der Waals surface area (Å²) in [5.41, 5.74) is 0.700. The summed E-state index contributed by atoms with van der Waals surface area (Å²) in [6.45, 7) is 0. The van der Waals surface area contributed by atoms with Crippen molar-refractivity contribution in [3.63, 3.8) is 0 Å². The second-order valence-corrected chi connectivity index (χ2v) is 3.24. The topological polar surface area (TPSA) is 44.2 Å². The first-order chi connectivity index (χ1) is 7.24. The standard InChI is InChI=1S/C10H9ClN2O2/c1-14-6-3-4-7-8(5-6)12-10(15-2)13-9(7)11/h3-5H,1-2H3. The van der Waals surface area contributed by atoms with Crippen LogP contribution in [-0.2, 0) is 0 Å². The third kappa shape index (κ3) is 1.80. The van der Waals surface area contributed by atoms with E-state index in [1.807, 2.05) is 12.1 Å². The Morgan fingerprint density at radius 3 is 2.60 bits per heavy atom. The van der Waals surface area contributed by atoms with Crippen LogP contribution in [0.2, 0.25) is 5.15 Å². The molecule has 0 saturated heterocycles. The minimum Gasteiger partial charge on any atom is -0.497 e. The molecule has 0 unspecified atom stereocenters. The number of aromatic nitrogens is 2. The van der Waals surface area contributed by atoms with Gasteiger partial charge in [-0.1, -0.05) is 11.6 Å². The molecule has 1 aromatic carbocycles. The Morgan fingerprint density at radius 2 is 1.93 bits per heavy atom. The summed E-state index contributed by atoms with van der Waals surface area (Å²) < 4.78 is 10.0. The number of fused-ring (bicyclic) bond motifs is 1. The monoisotopic (exact) mass is 224 g/mol. The summed E-state index contributed by atoms with van der Waals surface area (Å²) in [5, 5.41) is 1.15. The van der Waals surface area contributed by atoms with E-state index in [1.54, 1.807) is 13.2 Å². The summed E-state index contributed by atoms with van der Waals surface area (Å²) in [4.78, 5) is 8.13. The number of hydrogen-bond donors (Lipinski definition) is 0. The Balaban J connectivity index is 2.69. The molecular formula is C10H9ClN2O2. The Kier molecular flexibility index (Phi) is 2.60. The molecule has 0 fully saturated rings. The lowest BCUT2D eigenvalue weighted by atomic mass is 10.2. The van der Waals surface area contributed by atoms with E-state index in [1.165, 1.54) is 7.11 Å². The van der Waals surface area contributed by atoms with Crippen LogP contribution in [0.1, 0.15) is 0 Å². The van der Waals surface area contributed by atoms with Gasteiger partial charge in [0.1, 0.15) is 10.9 Å². The van der Waals surface area contributed by atoms with E-state index >= 15 is 0 Å². The molecule has 78 valence electrons. The molecule has 0 radical (unpaired) electrons. The highest BCUT2D eigenvalue weighted by molar-refractivity contribution is 6.34. The van der Waals surface area contributed by atoms with Crippen molar-refractivity contribution in [2.45, 2.75) is 0 Å². The minimum atomic E-state index is 0.251. The molecule has 0 aliphatic carbocycles. The van der Waals surface area contributed by atoms with Crippen LogP contribution in [0, 0.1) is 0 Å². The molecule has 0 aliphatic heterocycles. The summed E-state index contributed by atoms with van der Waals surface area (Å²) in [6.07, 6.45) is 0. The van der Waals surface area contributed by atoms with Crippen molar-refractivity contribution in [1.82, 2.24) is 9.97 Å². The molecule has 0 bridgehead atoms. The van der Waals surface area contributed by atoms with Crippen LogP contribution in [0.5, 0.6) is 11.8 Å². The van der Waals surface area contributed by atoms with E-state index in [2.05, 4.69) is 9.97 Å². The van der Waals surface area contributed by atoms with Crippen LogP contribution in [0.3, 0.4) is 0 Å². The molecule has 2 aromatic rings. The maximum atomic E-state index is 5.96. The van der Waals surface area contributed by atoms with Crippen LogP contribution in [0.25, 0.3) is 10.9 Å². The first-order valence-corrected chi connectivity index (χ1v) is 4.67. The molecule has 0 N–H and O–H groups in total. The van der Waals surface area contributed by atoms with Crippen molar-refractivity contribution < 1.29 is 9.47 Å². The number of halogens is 1. The van der Waals surface area contributed by atoms with Crippen molar-refractivity contribution in [3.8, 4) is 11.8 Å². The van der Waals surface area contributed by atoms with Crippen molar-refractivity contribution in [2.75, 3.05) is 14.2 Å². The first-order valence-electron chi connectivity index (χ1n) is 4.30. The number of hydrogen-bond acceptors (Lipinski definition) is 4. The van der Waals surface area contributed by atoms with Crippen molar-refractivity contribution >= 4 is 22.5 Å². The summed E-state index contributed by atoms with van der Waals surface area (Å²) in [5.74, 6) is 0.722. The maximum absolute atomic E-state index is 5.96. The van der Waals surface area contributed by atoms with Gasteiger partial charge in [0.05, 0.1) is 19.7 Å². The number of methoxy groups -OCH3 is 2. The van der Waals surface area contributed by atoms with E-state index < -0.39 is 0 Å². The lowest BCUT2D eigenvalue weighted by molar-refractivity contribution is 0.381. The smallest absolute Gasteiger partial charge is 0.318 e. The van der Waals surface area contributed by atoms with E-state index in [4.69, 9.17) is 21.1 Å². The Morgan fingerprint density at radius 1 is 1.13 bits per heavy atom.